The highest BCUT2D eigenvalue weighted by molar-refractivity contribution is 7.19. The van der Waals surface area contributed by atoms with Crippen molar-refractivity contribution >= 4 is 16.3 Å². The summed E-state index contributed by atoms with van der Waals surface area (Å²) in [6.07, 6.45) is 2.14. The fourth-order valence-electron chi connectivity index (χ4n) is 2.75. The summed E-state index contributed by atoms with van der Waals surface area (Å²) in [5.41, 5.74) is 8.13. The van der Waals surface area contributed by atoms with Gasteiger partial charge in [-0.25, -0.2) is 0 Å². The van der Waals surface area contributed by atoms with E-state index < -0.39 is 0 Å². The van der Waals surface area contributed by atoms with E-state index in [4.69, 9.17) is 10.3 Å². The summed E-state index contributed by atoms with van der Waals surface area (Å²) < 4.78 is 5.49. The molecule has 2 heterocycles. The van der Waals surface area contributed by atoms with Gasteiger partial charge in [-0.2, -0.15) is 4.98 Å². The largest absolute Gasteiger partial charge is 0.391 e. The van der Waals surface area contributed by atoms with Gasteiger partial charge in [-0.05, 0) is 37.0 Å². The summed E-state index contributed by atoms with van der Waals surface area (Å²) in [5.74, 6) is 1.36. The number of nitrogens with zero attached hydrogens (tertiary/aromatic N) is 2. The summed E-state index contributed by atoms with van der Waals surface area (Å²) >= 11 is 1.49. The second-order valence-corrected chi connectivity index (χ2v) is 6.62. The van der Waals surface area contributed by atoms with Gasteiger partial charge in [-0.3, -0.25) is 0 Å². The quantitative estimate of drug-likeness (QED) is 0.799. The van der Waals surface area contributed by atoms with Crippen molar-refractivity contribution in [3.63, 3.8) is 0 Å². The highest BCUT2D eigenvalue weighted by atomic mass is 32.1. The maximum atomic E-state index is 5.84. The van der Waals surface area contributed by atoms with Gasteiger partial charge >= 0.3 is 0 Å². The van der Waals surface area contributed by atoms with Crippen LogP contribution in [-0.4, -0.2) is 10.1 Å². The number of rotatable bonds is 3. The Bertz CT molecular complexity index is 787. The Hall–Kier alpha value is -2.14. The predicted molar refractivity (Wildman–Crippen MR) is 83.2 cm³/mol. The first-order valence-corrected chi connectivity index (χ1v) is 7.77. The lowest BCUT2D eigenvalue weighted by Gasteiger charge is -2.09. The minimum Gasteiger partial charge on any atom is -0.391 e. The lowest BCUT2D eigenvalue weighted by Crippen LogP contribution is -2.10. The molecule has 5 heteroatoms. The van der Waals surface area contributed by atoms with Crippen LogP contribution in [0.1, 0.15) is 29.8 Å². The van der Waals surface area contributed by atoms with Crippen molar-refractivity contribution < 1.29 is 4.52 Å². The number of benzene rings is 1. The van der Waals surface area contributed by atoms with E-state index in [1.807, 2.05) is 19.1 Å². The van der Waals surface area contributed by atoms with Crippen LogP contribution in [0.15, 0.2) is 40.9 Å². The number of thiophene rings is 1. The van der Waals surface area contributed by atoms with E-state index in [1.54, 1.807) is 0 Å². The van der Waals surface area contributed by atoms with Gasteiger partial charge in [0, 0.05) is 0 Å². The van der Waals surface area contributed by atoms with Crippen molar-refractivity contribution in [2.75, 3.05) is 5.73 Å². The monoisotopic (exact) mass is 297 g/mol. The first-order chi connectivity index (χ1) is 10.2. The van der Waals surface area contributed by atoms with E-state index in [1.165, 1.54) is 16.9 Å². The van der Waals surface area contributed by atoms with Crippen LogP contribution in [0, 0.1) is 6.92 Å². The van der Waals surface area contributed by atoms with Gasteiger partial charge in [0.25, 0.3) is 5.89 Å². The Balaban J connectivity index is 1.74. The number of aromatic nitrogens is 2. The number of nitrogens with two attached hydrogens (primary N) is 1. The van der Waals surface area contributed by atoms with Gasteiger partial charge in [-0.15, -0.1) is 11.3 Å². The SMILES string of the molecule is Cc1cc(N)sc1-c1nc(C2(c3ccccc3)CC2)no1. The maximum Gasteiger partial charge on any atom is 0.268 e. The molecule has 0 radical (unpaired) electrons. The second kappa shape index (κ2) is 4.43. The Morgan fingerprint density at radius 3 is 2.62 bits per heavy atom. The smallest absolute Gasteiger partial charge is 0.268 e. The topological polar surface area (TPSA) is 64.9 Å². The molecular weight excluding hydrogens is 282 g/mol. The molecular formula is C16H15N3OS. The van der Waals surface area contributed by atoms with Crippen LogP contribution in [0.5, 0.6) is 0 Å². The van der Waals surface area contributed by atoms with Crippen molar-refractivity contribution in [2.45, 2.75) is 25.2 Å². The van der Waals surface area contributed by atoms with Crippen molar-refractivity contribution in [3.05, 3.63) is 53.3 Å². The molecule has 2 N–H and O–H groups in total. The van der Waals surface area contributed by atoms with Gasteiger partial charge in [0.2, 0.25) is 0 Å². The maximum absolute atomic E-state index is 5.84. The third-order valence-electron chi connectivity index (χ3n) is 4.06. The minimum absolute atomic E-state index is 0.0558. The molecule has 1 fully saturated rings. The summed E-state index contributed by atoms with van der Waals surface area (Å²) in [7, 11) is 0. The van der Waals surface area contributed by atoms with Crippen molar-refractivity contribution in [1.29, 1.82) is 0 Å². The van der Waals surface area contributed by atoms with E-state index in [2.05, 4.69) is 34.4 Å². The number of hydrogen-bond acceptors (Lipinski definition) is 5. The summed E-state index contributed by atoms with van der Waals surface area (Å²) in [5, 5.41) is 5.00. The molecule has 0 spiro atoms. The zero-order valence-electron chi connectivity index (χ0n) is 11.7. The molecule has 4 rings (SSSR count). The summed E-state index contributed by atoms with van der Waals surface area (Å²) in [6.45, 7) is 2.01. The number of hydrogen-bond donors (Lipinski definition) is 1. The average molecular weight is 297 g/mol. The standard InChI is InChI=1S/C16H15N3OS/c1-10-9-12(17)21-13(10)14-18-15(19-20-14)16(7-8-16)11-5-3-2-4-6-11/h2-6,9H,7-8,17H2,1H3. The number of aryl methyl sites for hydroxylation is 1. The normalized spacial score (nSPS) is 16.0. The van der Waals surface area contributed by atoms with E-state index in [9.17, 15) is 0 Å². The zero-order chi connectivity index (χ0) is 14.4. The van der Waals surface area contributed by atoms with E-state index in [-0.39, 0.29) is 5.41 Å². The van der Waals surface area contributed by atoms with Crippen LogP contribution in [0.4, 0.5) is 5.00 Å². The van der Waals surface area contributed by atoms with Crippen LogP contribution in [0.25, 0.3) is 10.8 Å². The fraction of sp³-hybridized carbons (Fsp3) is 0.250. The predicted octanol–water partition coefficient (Wildman–Crippen LogP) is 3.77. The number of anilines is 1. The molecule has 2 aromatic heterocycles. The van der Waals surface area contributed by atoms with Crippen LogP contribution in [0.3, 0.4) is 0 Å². The first kappa shape index (κ1) is 12.6. The Labute approximate surface area is 126 Å². The Kier molecular flexibility index (Phi) is 2.65. The molecule has 1 aromatic carbocycles. The Morgan fingerprint density at radius 2 is 2.00 bits per heavy atom. The molecule has 0 aliphatic heterocycles. The number of nitrogen functional groups attached to an aromatic ring is 1. The van der Waals surface area contributed by atoms with Crippen molar-refractivity contribution in [1.82, 2.24) is 10.1 Å². The second-order valence-electron chi connectivity index (χ2n) is 5.53. The summed E-state index contributed by atoms with van der Waals surface area (Å²) in [4.78, 5) is 5.61. The minimum atomic E-state index is -0.0558. The third-order valence-corrected chi connectivity index (χ3v) is 5.12. The summed E-state index contributed by atoms with van der Waals surface area (Å²) in [6, 6.07) is 12.4. The van der Waals surface area contributed by atoms with E-state index in [0.29, 0.717) is 5.89 Å². The molecule has 106 valence electrons. The van der Waals surface area contributed by atoms with Crippen molar-refractivity contribution in [2.24, 2.45) is 0 Å². The molecule has 21 heavy (non-hydrogen) atoms. The van der Waals surface area contributed by atoms with Crippen LogP contribution >= 0.6 is 11.3 Å². The highest BCUT2D eigenvalue weighted by Gasteiger charge is 2.50. The highest BCUT2D eigenvalue weighted by Crippen LogP contribution is 2.52. The molecule has 0 saturated heterocycles. The van der Waals surface area contributed by atoms with Gasteiger partial charge in [0.1, 0.15) is 0 Å². The van der Waals surface area contributed by atoms with E-state index in [0.717, 1.165) is 34.1 Å². The lowest BCUT2D eigenvalue weighted by atomic mass is 9.95. The van der Waals surface area contributed by atoms with Gasteiger partial charge in [0.15, 0.2) is 5.82 Å². The zero-order valence-corrected chi connectivity index (χ0v) is 12.5. The molecule has 0 bridgehead atoms. The Morgan fingerprint density at radius 1 is 1.24 bits per heavy atom. The molecule has 0 atom stereocenters. The first-order valence-electron chi connectivity index (χ1n) is 6.95. The van der Waals surface area contributed by atoms with Gasteiger partial charge in [0.05, 0.1) is 15.3 Å². The van der Waals surface area contributed by atoms with Crippen LogP contribution in [0.2, 0.25) is 0 Å². The molecule has 1 saturated carbocycles. The third kappa shape index (κ3) is 1.96. The van der Waals surface area contributed by atoms with Gasteiger partial charge < -0.3 is 10.3 Å². The van der Waals surface area contributed by atoms with E-state index >= 15 is 0 Å². The molecule has 3 aromatic rings. The molecule has 1 aliphatic carbocycles. The molecule has 0 amide bonds. The molecule has 4 nitrogen and oxygen atoms in total. The van der Waals surface area contributed by atoms with Crippen molar-refractivity contribution in [3.8, 4) is 10.8 Å². The van der Waals surface area contributed by atoms with Gasteiger partial charge in [-0.1, -0.05) is 35.5 Å². The fourth-order valence-corrected chi connectivity index (χ4v) is 3.61. The van der Waals surface area contributed by atoms with Crippen LogP contribution < -0.4 is 5.73 Å². The van der Waals surface area contributed by atoms with Crippen LogP contribution in [-0.2, 0) is 5.41 Å². The lowest BCUT2D eigenvalue weighted by molar-refractivity contribution is 0.418. The molecule has 1 aliphatic rings. The average Bonchev–Trinajstić information content (AvgIpc) is 3.03. The molecule has 0 unspecified atom stereocenters.